The third kappa shape index (κ3) is 8.27. The molecule has 0 spiro atoms. The summed E-state index contributed by atoms with van der Waals surface area (Å²) < 4.78 is 32.7. The first-order chi connectivity index (χ1) is 21.7. The normalized spacial score (nSPS) is 11.8. The molecule has 5 N–H and O–H groups in total. The number of halogens is 1. The molecule has 0 aliphatic carbocycles. The predicted octanol–water partition coefficient (Wildman–Crippen LogP) is 0.645. The van der Waals surface area contributed by atoms with E-state index in [9.17, 15) is 9.59 Å². The summed E-state index contributed by atoms with van der Waals surface area (Å²) in [6.45, 7) is 0. The Balaban J connectivity index is 0.000000854. The van der Waals surface area contributed by atoms with Gasteiger partial charge in [0.25, 0.3) is 11.8 Å². The third-order valence-corrected chi connectivity index (χ3v) is 11.1. The minimum absolute atomic E-state index is 0.104. The van der Waals surface area contributed by atoms with Crippen LogP contribution < -0.4 is 46.5 Å². The molecule has 0 atom stereocenters. The predicted molar refractivity (Wildman–Crippen MR) is 167 cm³/mol. The number of nitrogens with one attached hydrogen (secondary N) is 2. The molecule has 0 bridgehead atoms. The van der Waals surface area contributed by atoms with Gasteiger partial charge in [-0.2, -0.15) is 14.0 Å². The second-order valence-corrected chi connectivity index (χ2v) is 13.6. The highest BCUT2D eigenvalue weighted by Gasteiger charge is 2.52. The molecule has 45 heavy (non-hydrogen) atoms. The van der Waals surface area contributed by atoms with E-state index in [4.69, 9.17) is 24.5 Å². The molecule has 0 aliphatic heterocycles. The maximum atomic E-state index is 13.7. The molecule has 5 rings (SSSR count). The third-order valence-electron chi connectivity index (χ3n) is 6.68. The fourth-order valence-corrected chi connectivity index (χ4v) is 9.52. The van der Waals surface area contributed by atoms with Crippen LogP contribution in [0.4, 0.5) is 0 Å². The Labute approximate surface area is 263 Å². The van der Waals surface area contributed by atoms with Crippen LogP contribution >= 0.6 is 7.26 Å². The standard InChI is InChI=1S/C34H28N3O2P.ClHO4/c35-37-34(39)31(36-33(38)27-18-8-2-9-19-27)32(26-16-6-1-7-17-26)40(28-20-10-3-11-21-28,29-22-12-4-13-23-29)30-24-14-5-15-25-30;2-1(3,4)5/h1-25H,35H2,(H-,36,37,38,39);(H,2,3,4,5)/p+1/b32-31-;. The van der Waals surface area contributed by atoms with E-state index in [0.29, 0.717) is 10.9 Å². The average molecular weight is 643 g/mol. The molecule has 5 aromatic rings. The van der Waals surface area contributed by atoms with E-state index >= 15 is 0 Å². The molecular formula is C34H30ClN3O6P+. The number of carbonyl (C=O) groups is 2. The monoisotopic (exact) mass is 642 g/mol. The Bertz CT molecular complexity index is 1620. The summed E-state index contributed by atoms with van der Waals surface area (Å²) in [5, 5.41) is 6.76. The number of nitrogens with two attached hydrogens (primary N) is 1. The smallest absolute Gasteiger partial charge is 0.285 e. The van der Waals surface area contributed by atoms with Crippen LogP contribution in [-0.4, -0.2) is 16.5 Å². The van der Waals surface area contributed by atoms with Gasteiger partial charge in [0.15, 0.2) is 5.70 Å². The number of hydrogen-bond donors (Lipinski definition) is 4. The van der Waals surface area contributed by atoms with E-state index in [1.165, 1.54) is 0 Å². The maximum Gasteiger partial charge on any atom is 0.285 e. The minimum Gasteiger partial charge on any atom is -0.314 e. The average Bonchev–Trinajstić information content (AvgIpc) is 3.07. The Hall–Kier alpha value is -4.70. The van der Waals surface area contributed by atoms with Crippen molar-refractivity contribution in [2.24, 2.45) is 5.84 Å². The summed E-state index contributed by atoms with van der Waals surface area (Å²) in [6.07, 6.45) is 0. The van der Waals surface area contributed by atoms with E-state index in [1.807, 2.05) is 91.0 Å². The summed E-state index contributed by atoms with van der Waals surface area (Å²) in [5.74, 6) is 4.80. The largest absolute Gasteiger partial charge is 0.314 e. The molecule has 228 valence electrons. The molecule has 0 unspecified atom stereocenters. The van der Waals surface area contributed by atoms with Gasteiger partial charge in [-0.3, -0.25) is 15.0 Å². The highest BCUT2D eigenvalue weighted by molar-refractivity contribution is 8.03. The quantitative estimate of drug-likeness (QED) is 0.0632. The van der Waals surface area contributed by atoms with Gasteiger partial charge in [0.05, 0.1) is 14.9 Å². The van der Waals surface area contributed by atoms with Gasteiger partial charge in [-0.15, -0.1) is 0 Å². The van der Waals surface area contributed by atoms with Crippen molar-refractivity contribution in [2.45, 2.75) is 0 Å². The van der Waals surface area contributed by atoms with Crippen LogP contribution in [0, 0.1) is 10.2 Å². The van der Waals surface area contributed by atoms with Crippen LogP contribution in [0.25, 0.3) is 5.31 Å². The summed E-state index contributed by atoms with van der Waals surface area (Å²) >= 11 is 0. The highest BCUT2D eigenvalue weighted by atomic mass is 35.7. The van der Waals surface area contributed by atoms with Crippen LogP contribution in [0.1, 0.15) is 15.9 Å². The second kappa shape index (κ2) is 15.3. The molecule has 5 aromatic carbocycles. The van der Waals surface area contributed by atoms with Gasteiger partial charge >= 0.3 is 0 Å². The summed E-state index contributed by atoms with van der Waals surface area (Å²) in [7, 11) is -7.50. The van der Waals surface area contributed by atoms with Crippen molar-refractivity contribution in [1.82, 2.24) is 10.7 Å². The van der Waals surface area contributed by atoms with Crippen molar-refractivity contribution in [2.75, 3.05) is 0 Å². The van der Waals surface area contributed by atoms with Crippen molar-refractivity contribution in [1.29, 1.82) is 0 Å². The Morgan fingerprint density at radius 1 is 0.578 bits per heavy atom. The second-order valence-electron chi connectivity index (χ2n) is 9.46. The molecule has 2 amide bonds. The summed E-state index contributed by atoms with van der Waals surface area (Å²) in [6, 6.07) is 49.1. The van der Waals surface area contributed by atoms with Crippen molar-refractivity contribution < 1.29 is 38.5 Å². The SMILES string of the molecule is NNC(=O)/C(NC(=O)c1ccccc1)=C(\c1ccccc1)[P+](c1ccccc1)(c1ccccc1)c1ccccc1.[O-][Cl+3]([O-])([O-])O. The van der Waals surface area contributed by atoms with E-state index in [1.54, 1.807) is 24.3 Å². The first-order valence-electron chi connectivity index (χ1n) is 13.5. The molecule has 0 heterocycles. The molecule has 0 fully saturated rings. The van der Waals surface area contributed by atoms with Gasteiger partial charge in [0, 0.05) is 11.1 Å². The summed E-state index contributed by atoms with van der Waals surface area (Å²) in [4.78, 5) is 27.3. The topological polar surface area (TPSA) is 174 Å². The Morgan fingerprint density at radius 3 is 1.22 bits per heavy atom. The van der Waals surface area contributed by atoms with E-state index < -0.39 is 29.3 Å². The Morgan fingerprint density at radius 2 is 0.889 bits per heavy atom. The van der Waals surface area contributed by atoms with E-state index in [0.717, 1.165) is 21.5 Å². The summed E-state index contributed by atoms with van der Waals surface area (Å²) in [5.41, 5.74) is 3.64. The van der Waals surface area contributed by atoms with Crippen LogP contribution in [-0.2, 0) is 4.79 Å². The lowest BCUT2D eigenvalue weighted by Crippen LogP contribution is -2.58. The van der Waals surface area contributed by atoms with Gasteiger partial charge < -0.3 is 5.32 Å². The Kier molecular flexibility index (Phi) is 11.3. The molecular weight excluding hydrogens is 613 g/mol. The number of amides is 2. The highest BCUT2D eigenvalue weighted by Crippen LogP contribution is 2.67. The van der Waals surface area contributed by atoms with E-state index in [2.05, 4.69) is 47.1 Å². The van der Waals surface area contributed by atoms with Crippen molar-refractivity contribution >= 4 is 40.3 Å². The van der Waals surface area contributed by atoms with Crippen LogP contribution in [0.15, 0.2) is 157 Å². The lowest BCUT2D eigenvalue weighted by atomic mass is 10.1. The van der Waals surface area contributed by atoms with Crippen molar-refractivity contribution in [3.63, 3.8) is 0 Å². The number of hydrazine groups is 1. The zero-order chi connectivity index (χ0) is 32.3. The van der Waals surface area contributed by atoms with Crippen molar-refractivity contribution in [3.8, 4) is 0 Å². The minimum atomic E-state index is -4.69. The lowest BCUT2D eigenvalue weighted by Gasteiger charge is -2.31. The van der Waals surface area contributed by atoms with Crippen LogP contribution in [0.2, 0.25) is 0 Å². The first-order valence-corrected chi connectivity index (χ1v) is 16.6. The number of rotatable bonds is 8. The zero-order valence-electron chi connectivity index (χ0n) is 23.8. The van der Waals surface area contributed by atoms with Gasteiger partial charge in [-0.05, 0) is 48.5 Å². The zero-order valence-corrected chi connectivity index (χ0v) is 25.5. The van der Waals surface area contributed by atoms with Crippen LogP contribution in [0.3, 0.4) is 0 Å². The molecule has 0 radical (unpaired) electrons. The molecule has 9 nitrogen and oxygen atoms in total. The molecule has 0 aliphatic rings. The molecule has 0 aromatic heterocycles. The van der Waals surface area contributed by atoms with Gasteiger partial charge in [0.2, 0.25) is 0 Å². The number of benzene rings is 5. The molecule has 0 saturated carbocycles. The van der Waals surface area contributed by atoms with Gasteiger partial charge in [-0.25, -0.2) is 5.84 Å². The lowest BCUT2D eigenvalue weighted by molar-refractivity contribution is -1.92. The van der Waals surface area contributed by atoms with Gasteiger partial charge in [0.1, 0.15) is 28.5 Å². The fraction of sp³-hybridized carbons (Fsp3) is 0. The van der Waals surface area contributed by atoms with Crippen LogP contribution in [0.5, 0.6) is 0 Å². The number of hydrogen-bond acceptors (Lipinski definition) is 7. The first kappa shape index (κ1) is 33.2. The van der Waals surface area contributed by atoms with Crippen molar-refractivity contribution in [3.05, 3.63) is 168 Å². The fourth-order valence-electron chi connectivity index (χ4n) is 4.96. The molecule has 11 heteroatoms. The maximum absolute atomic E-state index is 13.7. The molecule has 0 saturated heterocycles. The van der Waals surface area contributed by atoms with E-state index in [-0.39, 0.29) is 5.70 Å². The number of carbonyl (C=O) groups excluding carboxylic acids is 2. The van der Waals surface area contributed by atoms with Gasteiger partial charge in [-0.1, -0.05) is 103 Å².